The molecular weight excluding hydrogens is 390 g/mol. The summed E-state index contributed by atoms with van der Waals surface area (Å²) in [5.41, 5.74) is 1.80. The second-order valence-corrected chi connectivity index (χ2v) is 8.41. The number of carbonyl (C=O) groups excluding carboxylic acids is 1. The summed E-state index contributed by atoms with van der Waals surface area (Å²) in [5.74, 6) is 1.86. The number of para-hydroxylation sites is 1. The summed E-state index contributed by atoms with van der Waals surface area (Å²) >= 11 is 0. The Kier molecular flexibility index (Phi) is 6.34. The fourth-order valence-corrected chi connectivity index (χ4v) is 4.02. The number of urea groups is 1. The number of nitrogens with one attached hydrogen (secondary N) is 3. The summed E-state index contributed by atoms with van der Waals surface area (Å²) in [6.07, 6.45) is 5.70. The first kappa shape index (κ1) is 21.1. The molecule has 0 aliphatic heterocycles. The van der Waals surface area contributed by atoms with E-state index in [1.54, 1.807) is 0 Å². The third kappa shape index (κ3) is 4.78. The predicted molar refractivity (Wildman–Crippen MR) is 123 cm³/mol. The van der Waals surface area contributed by atoms with Gasteiger partial charge >= 0.3 is 6.03 Å². The van der Waals surface area contributed by atoms with Gasteiger partial charge in [0.2, 0.25) is 0 Å². The number of hydrogen-bond donors (Lipinski definition) is 3. The van der Waals surface area contributed by atoms with Gasteiger partial charge in [-0.2, -0.15) is 5.10 Å². The number of anilines is 1. The Labute approximate surface area is 182 Å². The van der Waals surface area contributed by atoms with E-state index in [9.17, 15) is 4.79 Å². The van der Waals surface area contributed by atoms with E-state index in [0.29, 0.717) is 12.6 Å². The number of fused-ring (bicyclic) bond motifs is 1. The standard InChI is InChI=1S/C23H31N7O/c1-4-24-23(31)27-17-12-10-16(11-13-17)26-21-19-14-25-30(18-8-6-5-7-9-18)22(19)29-20(28-21)15(2)3/h5-9,14-17H,4,10-13H2,1-3H3,(H2,24,27,31)(H,26,28,29). The lowest BCUT2D eigenvalue weighted by atomic mass is 9.91. The molecule has 0 saturated heterocycles. The van der Waals surface area contributed by atoms with Crippen molar-refractivity contribution >= 4 is 22.9 Å². The van der Waals surface area contributed by atoms with Crippen molar-refractivity contribution in [2.45, 2.75) is 64.5 Å². The van der Waals surface area contributed by atoms with Gasteiger partial charge in [0.05, 0.1) is 17.3 Å². The van der Waals surface area contributed by atoms with E-state index >= 15 is 0 Å². The fourth-order valence-electron chi connectivity index (χ4n) is 4.02. The number of aromatic nitrogens is 4. The highest BCUT2D eigenvalue weighted by Crippen LogP contribution is 2.28. The van der Waals surface area contributed by atoms with E-state index in [1.165, 1.54) is 0 Å². The lowest BCUT2D eigenvalue weighted by Crippen LogP contribution is -2.44. The van der Waals surface area contributed by atoms with Gasteiger partial charge < -0.3 is 16.0 Å². The quantitative estimate of drug-likeness (QED) is 0.559. The van der Waals surface area contributed by atoms with Gasteiger partial charge in [-0.15, -0.1) is 0 Å². The van der Waals surface area contributed by atoms with Crippen LogP contribution < -0.4 is 16.0 Å². The molecule has 4 rings (SSSR count). The molecule has 0 bridgehead atoms. The average molecular weight is 422 g/mol. The summed E-state index contributed by atoms with van der Waals surface area (Å²) in [6.45, 7) is 6.77. The first-order chi connectivity index (χ1) is 15.0. The van der Waals surface area contributed by atoms with E-state index in [2.05, 4.69) is 34.9 Å². The van der Waals surface area contributed by atoms with Gasteiger partial charge in [0.25, 0.3) is 0 Å². The molecule has 3 aromatic rings. The van der Waals surface area contributed by atoms with Crippen LogP contribution in [0, 0.1) is 0 Å². The van der Waals surface area contributed by atoms with Crippen molar-refractivity contribution in [2.75, 3.05) is 11.9 Å². The first-order valence-corrected chi connectivity index (χ1v) is 11.2. The summed E-state index contributed by atoms with van der Waals surface area (Å²) < 4.78 is 1.88. The molecule has 1 aliphatic carbocycles. The molecular formula is C23H31N7O. The maximum absolute atomic E-state index is 11.8. The number of benzene rings is 1. The minimum Gasteiger partial charge on any atom is -0.367 e. The number of hydrogen-bond acceptors (Lipinski definition) is 5. The smallest absolute Gasteiger partial charge is 0.314 e. The topological polar surface area (TPSA) is 96.8 Å². The lowest BCUT2D eigenvalue weighted by molar-refractivity contribution is 0.232. The second-order valence-electron chi connectivity index (χ2n) is 8.41. The molecule has 2 aromatic heterocycles. The van der Waals surface area contributed by atoms with Crippen LogP contribution in [0.15, 0.2) is 36.5 Å². The van der Waals surface area contributed by atoms with Crippen molar-refractivity contribution in [2.24, 2.45) is 0 Å². The molecule has 2 amide bonds. The molecule has 2 heterocycles. The number of rotatable bonds is 6. The number of nitrogens with zero attached hydrogens (tertiary/aromatic N) is 4. The van der Waals surface area contributed by atoms with Crippen LogP contribution >= 0.6 is 0 Å². The molecule has 1 aliphatic rings. The molecule has 0 atom stereocenters. The van der Waals surface area contributed by atoms with Crippen molar-refractivity contribution in [1.82, 2.24) is 30.4 Å². The lowest BCUT2D eigenvalue weighted by Gasteiger charge is -2.30. The molecule has 0 spiro atoms. The van der Waals surface area contributed by atoms with E-state index in [4.69, 9.17) is 9.97 Å². The van der Waals surface area contributed by atoms with Crippen LogP contribution in [0.25, 0.3) is 16.7 Å². The van der Waals surface area contributed by atoms with Crippen molar-refractivity contribution in [1.29, 1.82) is 0 Å². The average Bonchev–Trinajstić information content (AvgIpc) is 3.20. The maximum atomic E-state index is 11.8. The molecule has 0 unspecified atom stereocenters. The molecule has 3 N–H and O–H groups in total. The summed E-state index contributed by atoms with van der Waals surface area (Å²) in [5, 5.41) is 15.0. The summed E-state index contributed by atoms with van der Waals surface area (Å²) in [6, 6.07) is 10.5. The Morgan fingerprint density at radius 3 is 2.48 bits per heavy atom. The molecule has 1 fully saturated rings. The normalized spacial score (nSPS) is 18.8. The van der Waals surface area contributed by atoms with Crippen LogP contribution in [0.4, 0.5) is 10.6 Å². The Balaban J connectivity index is 1.54. The zero-order valence-corrected chi connectivity index (χ0v) is 18.4. The third-order valence-electron chi connectivity index (χ3n) is 5.70. The highest BCUT2D eigenvalue weighted by atomic mass is 16.2. The second kappa shape index (κ2) is 9.32. The minimum absolute atomic E-state index is 0.0775. The van der Waals surface area contributed by atoms with Crippen molar-refractivity contribution in [3.63, 3.8) is 0 Å². The van der Waals surface area contributed by atoms with Crippen LogP contribution in [0.2, 0.25) is 0 Å². The van der Waals surface area contributed by atoms with Gasteiger partial charge in [-0.05, 0) is 44.7 Å². The summed E-state index contributed by atoms with van der Waals surface area (Å²) in [7, 11) is 0. The minimum atomic E-state index is -0.0775. The molecule has 31 heavy (non-hydrogen) atoms. The third-order valence-corrected chi connectivity index (χ3v) is 5.70. The van der Waals surface area contributed by atoms with Gasteiger partial charge in [0.15, 0.2) is 5.65 Å². The Hall–Kier alpha value is -3.16. The fraction of sp³-hybridized carbons (Fsp3) is 0.478. The largest absolute Gasteiger partial charge is 0.367 e. The van der Waals surface area contributed by atoms with E-state index in [-0.39, 0.29) is 18.0 Å². The van der Waals surface area contributed by atoms with Gasteiger partial charge in [0, 0.05) is 24.5 Å². The maximum Gasteiger partial charge on any atom is 0.314 e. The Morgan fingerprint density at radius 2 is 1.81 bits per heavy atom. The molecule has 0 radical (unpaired) electrons. The SMILES string of the molecule is CCNC(=O)NC1CCC(Nc2nc(C(C)C)nc3c2cnn3-c2ccccc2)CC1. The van der Waals surface area contributed by atoms with Crippen LogP contribution in [0.3, 0.4) is 0 Å². The Morgan fingerprint density at radius 1 is 1.10 bits per heavy atom. The van der Waals surface area contributed by atoms with Gasteiger partial charge in [0.1, 0.15) is 11.6 Å². The molecule has 164 valence electrons. The first-order valence-electron chi connectivity index (χ1n) is 11.2. The van der Waals surface area contributed by atoms with Crippen LogP contribution in [0.1, 0.15) is 58.2 Å². The van der Waals surface area contributed by atoms with E-state index in [0.717, 1.165) is 54.0 Å². The van der Waals surface area contributed by atoms with E-state index in [1.807, 2.05) is 48.1 Å². The van der Waals surface area contributed by atoms with E-state index < -0.39 is 0 Å². The van der Waals surface area contributed by atoms with Crippen molar-refractivity contribution in [3.8, 4) is 5.69 Å². The van der Waals surface area contributed by atoms with Crippen molar-refractivity contribution in [3.05, 3.63) is 42.4 Å². The molecule has 1 aromatic carbocycles. The number of amides is 2. The van der Waals surface area contributed by atoms with Crippen LogP contribution in [-0.2, 0) is 0 Å². The highest BCUT2D eigenvalue weighted by Gasteiger charge is 2.24. The summed E-state index contributed by atoms with van der Waals surface area (Å²) in [4.78, 5) is 21.4. The van der Waals surface area contributed by atoms with Crippen LogP contribution in [-0.4, -0.2) is 44.4 Å². The predicted octanol–water partition coefficient (Wildman–Crippen LogP) is 3.98. The zero-order valence-electron chi connectivity index (χ0n) is 18.4. The molecule has 8 heteroatoms. The zero-order chi connectivity index (χ0) is 21.8. The molecule has 8 nitrogen and oxygen atoms in total. The van der Waals surface area contributed by atoms with Crippen molar-refractivity contribution < 1.29 is 4.79 Å². The number of carbonyl (C=O) groups is 1. The monoisotopic (exact) mass is 421 g/mol. The van der Waals surface area contributed by atoms with Gasteiger partial charge in [-0.3, -0.25) is 0 Å². The Bertz CT molecular complexity index is 1020. The highest BCUT2D eigenvalue weighted by molar-refractivity contribution is 5.87. The molecule has 1 saturated carbocycles. The van der Waals surface area contributed by atoms with Gasteiger partial charge in [-0.1, -0.05) is 32.0 Å². The van der Waals surface area contributed by atoms with Crippen LogP contribution in [0.5, 0.6) is 0 Å². The van der Waals surface area contributed by atoms with Gasteiger partial charge in [-0.25, -0.2) is 19.4 Å².